The van der Waals surface area contributed by atoms with Crippen LogP contribution in [-0.4, -0.2) is 17.3 Å². The first-order valence-electron chi connectivity index (χ1n) is 9.82. The van der Waals surface area contributed by atoms with Crippen molar-refractivity contribution in [3.63, 3.8) is 0 Å². The van der Waals surface area contributed by atoms with E-state index in [4.69, 9.17) is 0 Å². The summed E-state index contributed by atoms with van der Waals surface area (Å²) >= 11 is 0. The molecule has 0 radical (unpaired) electrons. The summed E-state index contributed by atoms with van der Waals surface area (Å²) in [7, 11) is 0. The van der Waals surface area contributed by atoms with Gasteiger partial charge in [0.05, 0.1) is 0 Å². The summed E-state index contributed by atoms with van der Waals surface area (Å²) in [5.74, 6) is 2.63. The van der Waals surface area contributed by atoms with Crippen molar-refractivity contribution in [1.82, 2.24) is 0 Å². The topological polar surface area (TPSA) is 51.2 Å². The summed E-state index contributed by atoms with van der Waals surface area (Å²) in [5.41, 5.74) is -0.0959. The SMILES string of the molecule is CC(=O)[C@@H]1CC[C@H]2[C@H]3CC[C@H]4CC(=O)CC[C@]4(C)[C@@H]3C(=O)C[C@]12C. The Morgan fingerprint density at radius 3 is 2.50 bits per heavy atom. The molecule has 7 atom stereocenters. The van der Waals surface area contributed by atoms with Crippen molar-refractivity contribution in [2.45, 2.75) is 72.1 Å². The molecule has 0 N–H and O–H groups in total. The van der Waals surface area contributed by atoms with Gasteiger partial charge in [0.25, 0.3) is 0 Å². The van der Waals surface area contributed by atoms with Crippen LogP contribution < -0.4 is 0 Å². The summed E-state index contributed by atoms with van der Waals surface area (Å²) < 4.78 is 0. The maximum Gasteiger partial charge on any atom is 0.137 e. The average Bonchev–Trinajstić information content (AvgIpc) is 2.84. The van der Waals surface area contributed by atoms with Gasteiger partial charge in [0.1, 0.15) is 17.3 Å². The fraction of sp³-hybridized carbons (Fsp3) is 0.857. The molecule has 24 heavy (non-hydrogen) atoms. The Labute approximate surface area is 144 Å². The first-order chi connectivity index (χ1) is 11.3. The molecule has 3 heteroatoms. The number of ketones is 3. The molecule has 0 aromatic carbocycles. The van der Waals surface area contributed by atoms with Crippen molar-refractivity contribution >= 4 is 17.3 Å². The second kappa shape index (κ2) is 5.25. The Morgan fingerprint density at radius 2 is 1.79 bits per heavy atom. The van der Waals surface area contributed by atoms with E-state index < -0.39 is 0 Å². The number of rotatable bonds is 1. The molecular formula is C21H30O3. The van der Waals surface area contributed by atoms with E-state index in [9.17, 15) is 14.4 Å². The van der Waals surface area contributed by atoms with Crippen LogP contribution in [0.2, 0.25) is 0 Å². The molecule has 4 aliphatic carbocycles. The molecule has 0 aliphatic heterocycles. The molecule has 4 rings (SSSR count). The first-order valence-corrected chi connectivity index (χ1v) is 9.82. The second-order valence-electron chi connectivity index (χ2n) is 9.66. The van der Waals surface area contributed by atoms with Crippen LogP contribution in [0.3, 0.4) is 0 Å². The minimum atomic E-state index is -0.113. The highest BCUT2D eigenvalue weighted by Gasteiger charge is 2.63. The van der Waals surface area contributed by atoms with Gasteiger partial charge < -0.3 is 0 Å². The van der Waals surface area contributed by atoms with Crippen LogP contribution in [-0.2, 0) is 14.4 Å². The summed E-state index contributed by atoms with van der Waals surface area (Å²) in [5, 5.41) is 0. The largest absolute Gasteiger partial charge is 0.300 e. The van der Waals surface area contributed by atoms with Gasteiger partial charge >= 0.3 is 0 Å². The third-order valence-corrected chi connectivity index (χ3v) is 8.66. The fourth-order valence-electron chi connectivity index (χ4n) is 7.53. The smallest absolute Gasteiger partial charge is 0.137 e. The van der Waals surface area contributed by atoms with Crippen LogP contribution in [0.1, 0.15) is 72.1 Å². The molecule has 0 amide bonds. The van der Waals surface area contributed by atoms with Crippen molar-refractivity contribution in [3.8, 4) is 0 Å². The van der Waals surface area contributed by atoms with Crippen molar-refractivity contribution in [3.05, 3.63) is 0 Å². The van der Waals surface area contributed by atoms with Gasteiger partial charge in [-0.05, 0) is 67.6 Å². The molecule has 0 heterocycles. The minimum Gasteiger partial charge on any atom is -0.300 e. The molecule has 0 aromatic heterocycles. The number of hydrogen-bond donors (Lipinski definition) is 0. The molecular weight excluding hydrogens is 300 g/mol. The highest BCUT2D eigenvalue weighted by Crippen LogP contribution is 2.66. The van der Waals surface area contributed by atoms with Crippen LogP contribution >= 0.6 is 0 Å². The lowest BCUT2D eigenvalue weighted by atomic mass is 9.44. The lowest BCUT2D eigenvalue weighted by Gasteiger charge is -2.59. The van der Waals surface area contributed by atoms with E-state index in [0.717, 1.165) is 32.1 Å². The quantitative estimate of drug-likeness (QED) is 0.730. The molecule has 0 aromatic rings. The van der Waals surface area contributed by atoms with Gasteiger partial charge in [-0.2, -0.15) is 0 Å². The Bertz CT molecular complexity index is 608. The Kier molecular flexibility index (Phi) is 3.61. The molecule has 0 unspecified atom stereocenters. The maximum absolute atomic E-state index is 13.3. The van der Waals surface area contributed by atoms with E-state index in [1.807, 2.05) is 0 Å². The standard InChI is InChI=1S/C21H30O3/c1-12(22)16-6-7-17-15-5-4-13-10-14(23)8-9-20(13,2)19(15)18(24)11-21(16,17)3/h13,15-17,19H,4-11H2,1-3H3/t13-,15+,16-,17-,19-,20-,21+/m0/s1. The van der Waals surface area contributed by atoms with Crippen LogP contribution in [0.4, 0.5) is 0 Å². The van der Waals surface area contributed by atoms with Gasteiger partial charge in [-0.15, -0.1) is 0 Å². The minimum absolute atomic E-state index is 0.0174. The zero-order valence-electron chi connectivity index (χ0n) is 15.3. The summed E-state index contributed by atoms with van der Waals surface area (Å²) in [6, 6.07) is 0. The van der Waals surface area contributed by atoms with Crippen molar-refractivity contribution in [2.75, 3.05) is 0 Å². The van der Waals surface area contributed by atoms with Crippen LogP contribution in [0.25, 0.3) is 0 Å². The summed E-state index contributed by atoms with van der Waals surface area (Å²) in [6.07, 6.45) is 7.05. The van der Waals surface area contributed by atoms with E-state index in [1.54, 1.807) is 6.92 Å². The first kappa shape index (κ1) is 16.5. The Hall–Kier alpha value is -0.990. The lowest BCUT2D eigenvalue weighted by molar-refractivity contribution is -0.161. The van der Waals surface area contributed by atoms with Gasteiger partial charge in [-0.1, -0.05) is 13.8 Å². The van der Waals surface area contributed by atoms with Gasteiger partial charge in [-0.25, -0.2) is 0 Å². The van der Waals surface area contributed by atoms with Gasteiger partial charge in [0, 0.05) is 31.1 Å². The second-order valence-corrected chi connectivity index (χ2v) is 9.66. The molecule has 4 fully saturated rings. The van der Waals surface area contributed by atoms with Crippen molar-refractivity contribution < 1.29 is 14.4 Å². The number of fused-ring (bicyclic) bond motifs is 5. The average molecular weight is 330 g/mol. The zero-order valence-corrected chi connectivity index (χ0v) is 15.3. The number of carbonyl (C=O) groups excluding carboxylic acids is 3. The van der Waals surface area contributed by atoms with Crippen LogP contribution in [0.15, 0.2) is 0 Å². The summed E-state index contributed by atoms with van der Waals surface area (Å²) in [4.78, 5) is 37.4. The third-order valence-electron chi connectivity index (χ3n) is 8.66. The predicted octanol–water partition coefficient (Wildman–Crippen LogP) is 3.98. The highest BCUT2D eigenvalue weighted by atomic mass is 16.1. The third kappa shape index (κ3) is 2.05. The fourth-order valence-corrected chi connectivity index (χ4v) is 7.53. The van der Waals surface area contributed by atoms with E-state index >= 15 is 0 Å². The van der Waals surface area contributed by atoms with Gasteiger partial charge in [0.15, 0.2) is 0 Å². The van der Waals surface area contributed by atoms with Gasteiger partial charge in [-0.3, -0.25) is 14.4 Å². The van der Waals surface area contributed by atoms with Crippen LogP contribution in [0.5, 0.6) is 0 Å². The molecule has 0 bridgehead atoms. The number of hydrogen-bond acceptors (Lipinski definition) is 3. The molecule has 4 aliphatic rings. The molecule has 0 spiro atoms. The van der Waals surface area contributed by atoms with Crippen LogP contribution in [0, 0.1) is 40.4 Å². The molecule has 0 saturated heterocycles. The highest BCUT2D eigenvalue weighted by molar-refractivity contribution is 5.87. The van der Waals surface area contributed by atoms with E-state index in [2.05, 4.69) is 13.8 Å². The van der Waals surface area contributed by atoms with E-state index in [1.165, 1.54) is 0 Å². The van der Waals surface area contributed by atoms with Crippen molar-refractivity contribution in [2.24, 2.45) is 40.4 Å². The van der Waals surface area contributed by atoms with E-state index in [0.29, 0.717) is 48.6 Å². The van der Waals surface area contributed by atoms with Crippen molar-refractivity contribution in [1.29, 1.82) is 0 Å². The normalized spacial score (nSPS) is 50.9. The summed E-state index contributed by atoms with van der Waals surface area (Å²) in [6.45, 7) is 6.21. The zero-order chi connectivity index (χ0) is 17.3. The monoisotopic (exact) mass is 330 g/mol. The van der Waals surface area contributed by atoms with E-state index in [-0.39, 0.29) is 28.4 Å². The molecule has 4 saturated carbocycles. The van der Waals surface area contributed by atoms with Gasteiger partial charge in [0.2, 0.25) is 0 Å². The molecule has 132 valence electrons. The maximum atomic E-state index is 13.3. The lowest BCUT2D eigenvalue weighted by Crippen LogP contribution is -2.57. The Balaban J connectivity index is 1.69. The Morgan fingerprint density at radius 1 is 1.04 bits per heavy atom. The molecule has 3 nitrogen and oxygen atoms in total. The number of carbonyl (C=O) groups is 3. The predicted molar refractivity (Wildman–Crippen MR) is 91.3 cm³/mol. The number of Topliss-reactive ketones (excluding diaryl/α,β-unsaturated/α-hetero) is 3.